The molecular weight excluding hydrogens is 471 g/mol. The van der Waals surface area contributed by atoms with E-state index in [1.165, 1.54) is 16.7 Å². The van der Waals surface area contributed by atoms with Gasteiger partial charge in [-0.15, -0.1) is 0 Å². The summed E-state index contributed by atoms with van der Waals surface area (Å²) in [5.74, 6) is 1.47. The molecule has 0 aliphatic rings. The lowest BCUT2D eigenvalue weighted by Crippen LogP contribution is -2.21. The van der Waals surface area contributed by atoms with E-state index in [1.807, 2.05) is 59.2 Å². The van der Waals surface area contributed by atoms with Gasteiger partial charge in [-0.1, -0.05) is 42.5 Å². The predicted octanol–water partition coefficient (Wildman–Crippen LogP) is 5.71. The Bertz CT molecular complexity index is 1750. The van der Waals surface area contributed by atoms with E-state index in [0.717, 1.165) is 16.9 Å². The number of pyridine rings is 1. The molecule has 6 aromatic rings. The van der Waals surface area contributed by atoms with Crippen molar-refractivity contribution >= 4 is 11.0 Å². The minimum atomic E-state index is -0.356. The Balaban J connectivity index is 1.49. The largest absolute Gasteiger partial charge is 0.497 e. The van der Waals surface area contributed by atoms with Gasteiger partial charge in [-0.2, -0.15) is 4.98 Å². The summed E-state index contributed by atoms with van der Waals surface area (Å²) in [5.41, 5.74) is 3.11. The Morgan fingerprint density at radius 3 is 2.41 bits per heavy atom. The van der Waals surface area contributed by atoms with Gasteiger partial charge >= 0.3 is 0 Å². The van der Waals surface area contributed by atoms with Crippen molar-refractivity contribution in [2.24, 2.45) is 0 Å². The quantitative estimate of drug-likeness (QED) is 0.298. The van der Waals surface area contributed by atoms with Gasteiger partial charge in [0.1, 0.15) is 17.1 Å². The standard InChI is InChI=1S/C29H21FN4O3/c1-36-23-13-7-19(8-14-23)17-33-18-31-24-15-16-34(29(35)25(24)33)27-26(20-5-3-2-4-6-20)37-28(32-27)21-9-11-22(30)12-10-21/h2-16,18H,17H2,1H3. The van der Waals surface area contributed by atoms with Crippen LogP contribution in [0.3, 0.4) is 0 Å². The van der Waals surface area contributed by atoms with Crippen LogP contribution < -0.4 is 10.3 Å². The highest BCUT2D eigenvalue weighted by Crippen LogP contribution is 2.32. The zero-order valence-corrected chi connectivity index (χ0v) is 19.8. The lowest BCUT2D eigenvalue weighted by Gasteiger charge is -2.08. The van der Waals surface area contributed by atoms with E-state index >= 15 is 0 Å². The number of methoxy groups -OCH3 is 1. The molecule has 0 aliphatic heterocycles. The lowest BCUT2D eigenvalue weighted by molar-refractivity contribution is 0.414. The summed E-state index contributed by atoms with van der Waals surface area (Å²) >= 11 is 0. The van der Waals surface area contributed by atoms with Crippen LogP contribution in [0.5, 0.6) is 5.75 Å². The maximum atomic E-state index is 13.8. The number of imidazole rings is 1. The molecule has 0 atom stereocenters. The van der Waals surface area contributed by atoms with Gasteiger partial charge in [-0.05, 0) is 48.0 Å². The zero-order chi connectivity index (χ0) is 25.4. The van der Waals surface area contributed by atoms with Gasteiger partial charge in [0.15, 0.2) is 11.6 Å². The molecule has 0 spiro atoms. The van der Waals surface area contributed by atoms with Crippen LogP contribution in [0.1, 0.15) is 5.56 Å². The molecule has 0 saturated heterocycles. The number of oxazole rings is 1. The molecule has 6 rings (SSSR count). The van der Waals surface area contributed by atoms with E-state index in [1.54, 1.807) is 37.8 Å². The topological polar surface area (TPSA) is 75.1 Å². The van der Waals surface area contributed by atoms with Crippen LogP contribution >= 0.6 is 0 Å². The molecule has 182 valence electrons. The second-order valence-corrected chi connectivity index (χ2v) is 8.49. The van der Waals surface area contributed by atoms with Crippen LogP contribution in [0.25, 0.3) is 39.6 Å². The normalized spacial score (nSPS) is 11.2. The number of benzene rings is 3. The van der Waals surface area contributed by atoms with E-state index in [-0.39, 0.29) is 17.3 Å². The number of aromatic nitrogens is 4. The fourth-order valence-electron chi connectivity index (χ4n) is 4.26. The molecule has 7 nitrogen and oxygen atoms in total. The summed E-state index contributed by atoms with van der Waals surface area (Å²) < 4.78 is 28.2. The maximum Gasteiger partial charge on any atom is 0.282 e. The van der Waals surface area contributed by atoms with Gasteiger partial charge in [0.25, 0.3) is 5.56 Å². The van der Waals surface area contributed by atoms with E-state index in [4.69, 9.17) is 9.15 Å². The number of halogens is 1. The Kier molecular flexibility index (Phi) is 5.61. The number of fused-ring (bicyclic) bond motifs is 1. The molecule has 37 heavy (non-hydrogen) atoms. The van der Waals surface area contributed by atoms with E-state index in [9.17, 15) is 9.18 Å². The minimum absolute atomic E-state index is 0.278. The van der Waals surface area contributed by atoms with Crippen LogP contribution in [-0.2, 0) is 6.54 Å². The van der Waals surface area contributed by atoms with Gasteiger partial charge in [0, 0.05) is 23.9 Å². The zero-order valence-electron chi connectivity index (χ0n) is 19.8. The molecule has 0 N–H and O–H groups in total. The summed E-state index contributed by atoms with van der Waals surface area (Å²) in [7, 11) is 1.62. The highest BCUT2D eigenvalue weighted by Gasteiger charge is 2.21. The van der Waals surface area contributed by atoms with Crippen molar-refractivity contribution in [2.45, 2.75) is 6.54 Å². The summed E-state index contributed by atoms with van der Waals surface area (Å²) in [6.45, 7) is 0.463. The molecule has 3 aromatic heterocycles. The second-order valence-electron chi connectivity index (χ2n) is 8.49. The maximum absolute atomic E-state index is 13.8. The van der Waals surface area contributed by atoms with Crippen LogP contribution in [0, 0.1) is 5.82 Å². The molecule has 0 radical (unpaired) electrons. The fraction of sp³-hybridized carbons (Fsp3) is 0.0690. The monoisotopic (exact) mass is 492 g/mol. The summed E-state index contributed by atoms with van der Waals surface area (Å²) in [4.78, 5) is 22.9. The average molecular weight is 493 g/mol. The molecule has 0 fully saturated rings. The van der Waals surface area contributed by atoms with Gasteiger partial charge in [-0.3, -0.25) is 9.36 Å². The van der Waals surface area contributed by atoms with Crippen molar-refractivity contribution in [3.63, 3.8) is 0 Å². The first-order valence-corrected chi connectivity index (χ1v) is 11.6. The first kappa shape index (κ1) is 22.5. The smallest absolute Gasteiger partial charge is 0.282 e. The van der Waals surface area contributed by atoms with Crippen molar-refractivity contribution in [2.75, 3.05) is 7.11 Å². The fourth-order valence-corrected chi connectivity index (χ4v) is 4.26. The lowest BCUT2D eigenvalue weighted by atomic mass is 10.2. The number of rotatable bonds is 6. The highest BCUT2D eigenvalue weighted by molar-refractivity contribution is 5.76. The Labute approximate surface area is 211 Å². The Morgan fingerprint density at radius 2 is 1.68 bits per heavy atom. The van der Waals surface area contributed by atoms with Crippen molar-refractivity contribution in [1.82, 2.24) is 19.1 Å². The SMILES string of the molecule is COc1ccc(Cn2cnc3ccn(-c4nc(-c5ccc(F)cc5)oc4-c4ccccc4)c(=O)c32)cc1. The van der Waals surface area contributed by atoms with Crippen LogP contribution in [0.15, 0.2) is 107 Å². The molecular formula is C29H21FN4O3. The molecule has 8 heteroatoms. The number of ether oxygens (including phenoxy) is 1. The molecule has 0 unspecified atom stereocenters. The highest BCUT2D eigenvalue weighted by atomic mass is 19.1. The molecule has 0 bridgehead atoms. The van der Waals surface area contributed by atoms with Crippen molar-refractivity contribution in [1.29, 1.82) is 0 Å². The molecule has 0 saturated carbocycles. The van der Waals surface area contributed by atoms with Crippen LogP contribution in [0.4, 0.5) is 4.39 Å². The van der Waals surface area contributed by atoms with E-state index in [0.29, 0.717) is 34.7 Å². The summed E-state index contributed by atoms with van der Waals surface area (Å²) in [6.07, 6.45) is 3.31. The third-order valence-electron chi connectivity index (χ3n) is 6.15. The third kappa shape index (κ3) is 4.18. The average Bonchev–Trinajstić information content (AvgIpc) is 3.56. The summed E-state index contributed by atoms with van der Waals surface area (Å²) in [6, 6.07) is 24.8. The van der Waals surface area contributed by atoms with Crippen molar-refractivity contribution < 1.29 is 13.5 Å². The van der Waals surface area contributed by atoms with Gasteiger partial charge in [-0.25, -0.2) is 9.37 Å². The van der Waals surface area contributed by atoms with Gasteiger partial charge in [0.2, 0.25) is 5.89 Å². The molecule has 3 aromatic carbocycles. The molecule has 0 aliphatic carbocycles. The van der Waals surface area contributed by atoms with E-state index < -0.39 is 0 Å². The number of nitrogens with zero attached hydrogens (tertiary/aromatic N) is 4. The number of hydrogen-bond acceptors (Lipinski definition) is 5. The number of hydrogen-bond donors (Lipinski definition) is 0. The second kappa shape index (κ2) is 9.23. The molecule has 0 amide bonds. The predicted molar refractivity (Wildman–Crippen MR) is 138 cm³/mol. The first-order valence-electron chi connectivity index (χ1n) is 11.6. The Hall–Kier alpha value is -4.98. The summed E-state index contributed by atoms with van der Waals surface area (Å²) in [5, 5.41) is 0. The minimum Gasteiger partial charge on any atom is -0.497 e. The van der Waals surface area contributed by atoms with Crippen molar-refractivity contribution in [3.8, 4) is 34.3 Å². The third-order valence-corrected chi connectivity index (χ3v) is 6.15. The van der Waals surface area contributed by atoms with Gasteiger partial charge < -0.3 is 13.7 Å². The van der Waals surface area contributed by atoms with Crippen LogP contribution in [0.2, 0.25) is 0 Å². The molecule has 3 heterocycles. The van der Waals surface area contributed by atoms with Crippen molar-refractivity contribution in [3.05, 3.63) is 119 Å². The van der Waals surface area contributed by atoms with Crippen LogP contribution in [-0.4, -0.2) is 26.2 Å². The van der Waals surface area contributed by atoms with E-state index in [2.05, 4.69) is 9.97 Å². The first-order chi connectivity index (χ1) is 18.1. The van der Waals surface area contributed by atoms with Gasteiger partial charge in [0.05, 0.1) is 19.0 Å². The Morgan fingerprint density at radius 1 is 0.919 bits per heavy atom.